The lowest BCUT2D eigenvalue weighted by Crippen LogP contribution is -2.10. The van der Waals surface area contributed by atoms with Gasteiger partial charge in [-0.1, -0.05) is 364 Å². The van der Waals surface area contributed by atoms with Gasteiger partial charge in [-0.25, -0.2) is 0 Å². The van der Waals surface area contributed by atoms with Gasteiger partial charge in [-0.3, -0.25) is 0 Å². The maximum atomic E-state index is 2.42. The van der Waals surface area contributed by atoms with E-state index >= 15 is 0 Å². The topological polar surface area (TPSA) is 21.3 Å². The predicted molar refractivity (Wildman–Crippen MR) is 552 cm³/mol. The first-order valence-electron chi connectivity index (χ1n) is 44.8. The van der Waals surface area contributed by atoms with Crippen molar-refractivity contribution in [2.45, 2.75) is 6.42 Å². The number of fused-ring (bicyclic) bond motifs is 20. The smallest absolute Gasteiger partial charge is 0.0620 e. The summed E-state index contributed by atoms with van der Waals surface area (Å²) in [7, 11) is 0. The number of aromatic nitrogens is 3. The summed E-state index contributed by atoms with van der Waals surface area (Å²) in [6.07, 6.45) is 0.992. The summed E-state index contributed by atoms with van der Waals surface area (Å²) in [5.74, 6) is 0. The van der Waals surface area contributed by atoms with Crippen LogP contribution in [0.4, 0.5) is 34.1 Å². The molecule has 0 radical (unpaired) electrons. The van der Waals surface area contributed by atoms with Crippen molar-refractivity contribution in [3.8, 4) is 72.7 Å². The zero-order valence-corrected chi connectivity index (χ0v) is 71.4. The number of nitrogens with zero attached hydrogens (tertiary/aromatic N) is 5. The Balaban J connectivity index is 0.000000112. The highest BCUT2D eigenvalue weighted by atomic mass is 15.1. The van der Waals surface area contributed by atoms with Gasteiger partial charge in [0.2, 0.25) is 0 Å². The van der Waals surface area contributed by atoms with E-state index in [1.165, 1.54) is 181 Å². The molecule has 1 aliphatic carbocycles. The Bertz CT molecular complexity index is 8480. The first kappa shape index (κ1) is 76.5. The molecule has 5 nitrogen and oxygen atoms in total. The molecule has 0 unspecified atom stereocenters. The molecule has 0 fully saturated rings. The molecule has 610 valence electrons. The summed E-state index contributed by atoms with van der Waals surface area (Å²) in [6, 6.07) is 182. The van der Waals surface area contributed by atoms with Gasteiger partial charge in [-0.05, 0) is 245 Å². The molecule has 0 bridgehead atoms. The van der Waals surface area contributed by atoms with Crippen LogP contribution in [0.3, 0.4) is 0 Å². The van der Waals surface area contributed by atoms with E-state index in [2.05, 4.69) is 527 Å². The van der Waals surface area contributed by atoms with E-state index in [9.17, 15) is 0 Å². The quantitative estimate of drug-likeness (QED) is 0.115. The normalized spacial score (nSPS) is 11.7. The number of rotatable bonds is 13. The van der Waals surface area contributed by atoms with Gasteiger partial charge in [0.15, 0.2) is 0 Å². The standard InChI is InChI=1S/C50H34N2.C46H32N2.C29H19N/c1-3-11-35(12-4-1)37-21-27-43(28-22-37)51(44-29-23-38(24-30-44)41-20-19-36-13-7-8-14-40(36)33-41)45-31-25-39-26-32-47-46-17-9-10-18-49(46)52(50(47)48(39)34-45)42-15-5-2-6-16-42;1-4-12-33(13-5-1)35-20-26-39(27-21-35)47(40-28-22-36(23-29-40)34-14-6-2-7-15-34)41-30-24-37-25-31-43-42-18-10-11-19-45(42)48(46(43)44(37)32-41)38-16-8-3-9-17-38;1-2-9-20(10-3-1)30-27-13-7-6-12-24(27)29-26-18-25-21-11-5-4-8-19(21)14-15-22(25)23(26)16-17-28(29)30/h1-34H;1-32H;1-17H,18H2. The second-order valence-electron chi connectivity index (χ2n) is 33.8. The van der Waals surface area contributed by atoms with Crippen molar-refractivity contribution in [2.24, 2.45) is 0 Å². The third kappa shape index (κ3) is 13.7. The molecule has 26 rings (SSSR count). The number of hydrogen-bond acceptors (Lipinski definition) is 2. The second-order valence-corrected chi connectivity index (χ2v) is 33.8. The Morgan fingerprint density at radius 1 is 0.162 bits per heavy atom. The van der Waals surface area contributed by atoms with Crippen molar-refractivity contribution >= 4 is 143 Å². The Morgan fingerprint density at radius 2 is 0.462 bits per heavy atom. The highest BCUT2D eigenvalue weighted by Gasteiger charge is 2.28. The molecular formula is C125H85N5. The van der Waals surface area contributed by atoms with Crippen molar-refractivity contribution in [1.29, 1.82) is 0 Å². The molecule has 1 aliphatic rings. The molecule has 3 aromatic heterocycles. The fraction of sp³-hybridized carbons (Fsp3) is 0.00800. The van der Waals surface area contributed by atoms with E-state index in [1.54, 1.807) is 0 Å². The highest BCUT2D eigenvalue weighted by Crippen LogP contribution is 2.49. The zero-order valence-electron chi connectivity index (χ0n) is 71.4. The van der Waals surface area contributed by atoms with Crippen LogP contribution in [0.25, 0.3) is 181 Å². The lowest BCUT2D eigenvalue weighted by atomic mass is 9.99. The van der Waals surface area contributed by atoms with Crippen LogP contribution in [0, 0.1) is 0 Å². The Hall–Kier alpha value is -17.1. The van der Waals surface area contributed by atoms with Crippen molar-refractivity contribution in [2.75, 3.05) is 9.80 Å². The summed E-state index contributed by atoms with van der Waals surface area (Å²) in [6.45, 7) is 0. The van der Waals surface area contributed by atoms with Gasteiger partial charge in [0.05, 0.1) is 33.1 Å². The molecule has 25 aromatic rings. The van der Waals surface area contributed by atoms with Crippen LogP contribution in [0.15, 0.2) is 504 Å². The molecule has 3 heterocycles. The zero-order chi connectivity index (χ0) is 86.0. The Labute approximate surface area is 754 Å². The fourth-order valence-corrected chi connectivity index (χ4v) is 20.2. The predicted octanol–water partition coefficient (Wildman–Crippen LogP) is 34.1. The summed E-state index contributed by atoms with van der Waals surface area (Å²) in [4.78, 5) is 4.75. The minimum absolute atomic E-state index is 0.992. The third-order valence-corrected chi connectivity index (χ3v) is 26.4. The van der Waals surface area contributed by atoms with Gasteiger partial charge in [0, 0.05) is 94.3 Å². The second kappa shape index (κ2) is 32.8. The van der Waals surface area contributed by atoms with Gasteiger partial charge < -0.3 is 23.5 Å². The van der Waals surface area contributed by atoms with Crippen molar-refractivity contribution in [3.63, 3.8) is 0 Å². The molecule has 130 heavy (non-hydrogen) atoms. The molecule has 0 aliphatic heterocycles. The highest BCUT2D eigenvalue weighted by molar-refractivity contribution is 6.21. The van der Waals surface area contributed by atoms with Crippen LogP contribution in [-0.4, -0.2) is 13.7 Å². The fourth-order valence-electron chi connectivity index (χ4n) is 20.2. The minimum atomic E-state index is 0.992. The molecule has 0 N–H and O–H groups in total. The molecule has 0 saturated carbocycles. The minimum Gasteiger partial charge on any atom is -0.310 e. The van der Waals surface area contributed by atoms with Crippen LogP contribution in [0.5, 0.6) is 0 Å². The summed E-state index contributed by atoms with van der Waals surface area (Å²) < 4.78 is 7.25. The summed E-state index contributed by atoms with van der Waals surface area (Å²) in [5, 5.41) is 17.8. The molecule has 0 saturated heterocycles. The number of anilines is 6. The maximum Gasteiger partial charge on any atom is 0.0620 e. The van der Waals surface area contributed by atoms with Crippen LogP contribution in [0.1, 0.15) is 11.1 Å². The van der Waals surface area contributed by atoms with E-state index in [0.29, 0.717) is 0 Å². The van der Waals surface area contributed by atoms with Crippen molar-refractivity contribution in [1.82, 2.24) is 13.7 Å². The number of benzene rings is 22. The Kier molecular flexibility index (Phi) is 19.3. The van der Waals surface area contributed by atoms with E-state index in [4.69, 9.17) is 0 Å². The average Bonchev–Trinajstić information content (AvgIpc) is 1.64. The van der Waals surface area contributed by atoms with Crippen LogP contribution in [-0.2, 0) is 6.42 Å². The molecular weight excluding hydrogens is 1570 g/mol. The lowest BCUT2D eigenvalue weighted by Gasteiger charge is -2.26. The average molecular weight is 1660 g/mol. The SMILES string of the molecule is c1ccc(-c2ccc(N(c3ccc(-c4ccc5ccccc5c4)cc3)c3ccc4ccc5c6ccccc6n(-c6ccccc6)c5c4c3)cc2)cc1.c1ccc(-c2ccc(N(c3ccc(-c4ccccc4)cc3)c3ccc4ccc5c6ccccc6n(-c6ccccc6)c5c4c3)cc2)cc1.c1ccc(-n2c3ccccc3c3c4c(ccc32)-c2ccc3ccccc3c2C4)cc1. The largest absolute Gasteiger partial charge is 0.310 e. The third-order valence-electron chi connectivity index (χ3n) is 26.4. The van der Waals surface area contributed by atoms with Gasteiger partial charge in [0.1, 0.15) is 0 Å². The van der Waals surface area contributed by atoms with Gasteiger partial charge in [-0.2, -0.15) is 0 Å². The molecule has 0 spiro atoms. The summed E-state index contributed by atoms with van der Waals surface area (Å²) in [5.41, 5.74) is 32.9. The molecule has 5 heteroatoms. The van der Waals surface area contributed by atoms with E-state index < -0.39 is 0 Å². The first-order chi connectivity index (χ1) is 64.5. The van der Waals surface area contributed by atoms with Crippen LogP contribution < -0.4 is 9.80 Å². The number of hydrogen-bond donors (Lipinski definition) is 0. The van der Waals surface area contributed by atoms with Gasteiger partial charge in [-0.15, -0.1) is 0 Å². The number of para-hydroxylation sites is 6. The van der Waals surface area contributed by atoms with Gasteiger partial charge >= 0.3 is 0 Å². The summed E-state index contributed by atoms with van der Waals surface area (Å²) >= 11 is 0. The Morgan fingerprint density at radius 3 is 0.915 bits per heavy atom. The maximum absolute atomic E-state index is 2.42. The van der Waals surface area contributed by atoms with Crippen LogP contribution in [0.2, 0.25) is 0 Å². The first-order valence-corrected chi connectivity index (χ1v) is 44.8. The van der Waals surface area contributed by atoms with Crippen LogP contribution >= 0.6 is 0 Å². The monoisotopic (exact) mass is 1660 g/mol. The van der Waals surface area contributed by atoms with Crippen molar-refractivity contribution < 1.29 is 0 Å². The molecule has 22 aromatic carbocycles. The molecule has 0 atom stereocenters. The van der Waals surface area contributed by atoms with E-state index in [1.807, 2.05) is 0 Å². The molecule has 0 amide bonds. The lowest BCUT2D eigenvalue weighted by molar-refractivity contribution is 1.18. The van der Waals surface area contributed by atoms with E-state index in [0.717, 1.165) is 51.9 Å². The van der Waals surface area contributed by atoms with Crippen molar-refractivity contribution in [3.05, 3.63) is 515 Å². The van der Waals surface area contributed by atoms with Gasteiger partial charge in [0.25, 0.3) is 0 Å². The van der Waals surface area contributed by atoms with E-state index in [-0.39, 0.29) is 0 Å².